The van der Waals surface area contributed by atoms with E-state index in [9.17, 15) is 4.79 Å². The quantitative estimate of drug-likeness (QED) is 0.187. The van der Waals surface area contributed by atoms with E-state index in [2.05, 4.69) is 111 Å². The maximum atomic E-state index is 13.8. The Labute approximate surface area is 287 Å². The first-order valence-electron chi connectivity index (χ1n) is 17.9. The van der Waals surface area contributed by atoms with E-state index in [4.69, 9.17) is 4.74 Å². The van der Waals surface area contributed by atoms with Crippen molar-refractivity contribution in [2.24, 2.45) is 0 Å². The second-order valence-corrected chi connectivity index (χ2v) is 13.8. The zero-order valence-electron chi connectivity index (χ0n) is 27.9. The molecule has 2 heterocycles. The molecule has 1 amide bonds. The molecule has 2 fully saturated rings. The molecular formula is C43H42N4O2. The first kappa shape index (κ1) is 30.2. The number of amides is 1. The third-order valence-corrected chi connectivity index (χ3v) is 11.0. The number of carbonyl (C=O) groups excluding carboxylic acids is 1. The van der Waals surface area contributed by atoms with E-state index in [1.807, 2.05) is 12.1 Å². The molecule has 6 aromatic rings. The number of piperazine rings is 1. The van der Waals surface area contributed by atoms with Crippen LogP contribution in [-0.2, 0) is 17.6 Å². The Morgan fingerprint density at radius 2 is 1.43 bits per heavy atom. The number of nitrogens with zero attached hydrogens (tertiary/aromatic N) is 2. The van der Waals surface area contributed by atoms with Crippen molar-refractivity contribution < 1.29 is 9.53 Å². The van der Waals surface area contributed by atoms with Crippen molar-refractivity contribution in [1.29, 1.82) is 0 Å². The molecule has 6 aromatic carbocycles. The van der Waals surface area contributed by atoms with Gasteiger partial charge in [-0.25, -0.2) is 0 Å². The highest BCUT2D eigenvalue weighted by molar-refractivity contribution is 6.11. The molecule has 0 aromatic heterocycles. The number of fused-ring (bicyclic) bond motifs is 6. The Morgan fingerprint density at radius 3 is 2.29 bits per heavy atom. The monoisotopic (exact) mass is 646 g/mol. The molecule has 6 nitrogen and oxygen atoms in total. The van der Waals surface area contributed by atoms with Crippen LogP contribution in [0.3, 0.4) is 0 Å². The summed E-state index contributed by atoms with van der Waals surface area (Å²) in [6.07, 6.45) is 3.02. The maximum Gasteiger partial charge on any atom is 0.255 e. The van der Waals surface area contributed by atoms with Gasteiger partial charge in [0.2, 0.25) is 0 Å². The zero-order valence-corrected chi connectivity index (χ0v) is 27.9. The van der Waals surface area contributed by atoms with Crippen LogP contribution in [0.4, 0.5) is 17.1 Å². The Balaban J connectivity index is 1.01. The first-order chi connectivity index (χ1) is 24.2. The van der Waals surface area contributed by atoms with E-state index in [1.54, 1.807) is 0 Å². The van der Waals surface area contributed by atoms with Crippen LogP contribution in [0.5, 0.6) is 0 Å². The molecule has 0 spiro atoms. The molecule has 9 rings (SSSR count). The lowest BCUT2D eigenvalue weighted by Gasteiger charge is -2.30. The molecular weight excluding hydrogens is 604 g/mol. The van der Waals surface area contributed by atoms with Crippen LogP contribution in [0.15, 0.2) is 103 Å². The van der Waals surface area contributed by atoms with E-state index in [-0.39, 0.29) is 5.91 Å². The van der Waals surface area contributed by atoms with Crippen LogP contribution in [0.1, 0.15) is 39.4 Å². The fraction of sp³-hybridized carbons (Fsp3) is 0.279. The van der Waals surface area contributed by atoms with Gasteiger partial charge in [0, 0.05) is 61.6 Å². The summed E-state index contributed by atoms with van der Waals surface area (Å²) < 4.78 is 5.51. The molecule has 1 unspecified atom stereocenters. The largest absolute Gasteiger partial charge is 0.378 e. The second-order valence-electron chi connectivity index (χ2n) is 13.8. The average molecular weight is 647 g/mol. The molecule has 0 radical (unpaired) electrons. The first-order valence-corrected chi connectivity index (χ1v) is 17.9. The number of aryl methyl sites for hydroxylation is 1. The number of rotatable bonds is 5. The molecule has 246 valence electrons. The van der Waals surface area contributed by atoms with Gasteiger partial charge in [-0.05, 0) is 105 Å². The highest BCUT2D eigenvalue weighted by Gasteiger charge is 2.26. The van der Waals surface area contributed by atoms with Crippen LogP contribution in [0, 0.1) is 0 Å². The fourth-order valence-electron chi connectivity index (χ4n) is 8.40. The fourth-order valence-corrected chi connectivity index (χ4v) is 8.40. The van der Waals surface area contributed by atoms with Gasteiger partial charge in [0.1, 0.15) is 0 Å². The number of anilines is 3. The summed E-state index contributed by atoms with van der Waals surface area (Å²) >= 11 is 0. The third-order valence-electron chi connectivity index (χ3n) is 11.0. The molecule has 3 aliphatic rings. The SMILES string of the molecule is O=C(Nc1c(C2CCc3c(ccc4c3ccc3cc(N5CCNCC5)ccc34)C2)ccc2ccccc12)c1ccc(N2CCOCC2)cc1. The van der Waals surface area contributed by atoms with Crippen molar-refractivity contribution in [3.8, 4) is 0 Å². The summed E-state index contributed by atoms with van der Waals surface area (Å²) in [4.78, 5) is 18.6. The number of carbonyl (C=O) groups is 1. The number of benzene rings is 6. The molecule has 0 bridgehead atoms. The summed E-state index contributed by atoms with van der Waals surface area (Å²) in [6.45, 7) is 7.42. The number of hydrogen-bond acceptors (Lipinski definition) is 5. The van der Waals surface area contributed by atoms with Crippen molar-refractivity contribution >= 4 is 55.3 Å². The average Bonchev–Trinajstić information content (AvgIpc) is 3.18. The predicted molar refractivity (Wildman–Crippen MR) is 203 cm³/mol. The Kier molecular flexibility index (Phi) is 7.91. The molecule has 6 heteroatoms. The van der Waals surface area contributed by atoms with Gasteiger partial charge >= 0.3 is 0 Å². The molecule has 2 aliphatic heterocycles. The van der Waals surface area contributed by atoms with E-state index < -0.39 is 0 Å². The standard InChI is InChI=1S/C43H42N4O2/c48-43(30-5-11-34(12-6-30)47-23-25-49-26-24-47)45-42-38-4-2-1-3-29(38)7-15-39(42)32-8-14-36-31(27-32)9-16-41-37-18-13-35(46-21-19-44-20-22-46)28-33(37)10-17-40(36)41/h1-7,9-13,15-18,28,32,44H,8,14,19-27H2,(H,45,48). The van der Waals surface area contributed by atoms with Crippen LogP contribution in [-0.4, -0.2) is 58.4 Å². The van der Waals surface area contributed by atoms with Gasteiger partial charge in [0.15, 0.2) is 0 Å². The van der Waals surface area contributed by atoms with E-state index in [0.717, 1.165) is 93.9 Å². The lowest BCUT2D eigenvalue weighted by molar-refractivity contribution is 0.102. The molecule has 1 aliphatic carbocycles. The van der Waals surface area contributed by atoms with E-state index in [0.29, 0.717) is 11.5 Å². The van der Waals surface area contributed by atoms with Crippen LogP contribution < -0.4 is 20.4 Å². The smallest absolute Gasteiger partial charge is 0.255 e. The Bertz CT molecular complexity index is 2180. The molecule has 2 saturated heterocycles. The topological polar surface area (TPSA) is 56.8 Å². The van der Waals surface area contributed by atoms with Crippen LogP contribution in [0.2, 0.25) is 0 Å². The molecule has 0 saturated carbocycles. The summed E-state index contributed by atoms with van der Waals surface area (Å²) in [6, 6.07) is 37.2. The Morgan fingerprint density at radius 1 is 0.694 bits per heavy atom. The summed E-state index contributed by atoms with van der Waals surface area (Å²) in [5, 5.41) is 14.4. The van der Waals surface area contributed by atoms with Gasteiger partial charge in [0.05, 0.1) is 18.9 Å². The number of hydrogen-bond donors (Lipinski definition) is 2. The summed E-state index contributed by atoms with van der Waals surface area (Å²) in [7, 11) is 0. The Hall–Kier alpha value is -4.91. The molecule has 49 heavy (non-hydrogen) atoms. The second kappa shape index (κ2) is 12.8. The molecule has 2 N–H and O–H groups in total. The molecule has 1 atom stereocenters. The highest BCUT2D eigenvalue weighted by atomic mass is 16.5. The number of morpholine rings is 1. The van der Waals surface area contributed by atoms with Crippen molar-refractivity contribution in [3.63, 3.8) is 0 Å². The van der Waals surface area contributed by atoms with Gasteiger partial charge in [-0.15, -0.1) is 0 Å². The minimum absolute atomic E-state index is 0.0691. The van der Waals surface area contributed by atoms with Gasteiger partial charge < -0.3 is 25.2 Å². The minimum Gasteiger partial charge on any atom is -0.378 e. The van der Waals surface area contributed by atoms with E-state index >= 15 is 0 Å². The third kappa shape index (κ3) is 5.69. The van der Waals surface area contributed by atoms with Crippen LogP contribution in [0.25, 0.3) is 32.3 Å². The lowest BCUT2D eigenvalue weighted by Crippen LogP contribution is -2.43. The van der Waals surface area contributed by atoms with Gasteiger partial charge in [-0.3, -0.25) is 4.79 Å². The summed E-state index contributed by atoms with van der Waals surface area (Å²) in [5.74, 6) is 0.246. The minimum atomic E-state index is -0.0691. The predicted octanol–water partition coefficient (Wildman–Crippen LogP) is 7.92. The van der Waals surface area contributed by atoms with Crippen molar-refractivity contribution in [1.82, 2.24) is 5.32 Å². The van der Waals surface area contributed by atoms with Gasteiger partial charge in [0.25, 0.3) is 5.91 Å². The normalized spacial score (nSPS) is 18.2. The highest BCUT2D eigenvalue weighted by Crippen LogP contribution is 2.42. The summed E-state index contributed by atoms with van der Waals surface area (Å²) in [5.41, 5.74) is 8.19. The van der Waals surface area contributed by atoms with Gasteiger partial charge in [-0.1, -0.05) is 66.7 Å². The lowest BCUT2D eigenvalue weighted by atomic mass is 9.77. The number of ether oxygens (including phenoxy) is 1. The van der Waals surface area contributed by atoms with Crippen molar-refractivity contribution in [2.75, 3.05) is 67.6 Å². The maximum absolute atomic E-state index is 13.8. The van der Waals surface area contributed by atoms with Crippen LogP contribution >= 0.6 is 0 Å². The van der Waals surface area contributed by atoms with Gasteiger partial charge in [-0.2, -0.15) is 0 Å². The number of nitrogens with one attached hydrogen (secondary N) is 2. The zero-order chi connectivity index (χ0) is 32.7. The van der Waals surface area contributed by atoms with Crippen molar-refractivity contribution in [2.45, 2.75) is 25.2 Å². The van der Waals surface area contributed by atoms with E-state index in [1.165, 1.54) is 43.9 Å². The van der Waals surface area contributed by atoms with Crippen molar-refractivity contribution in [3.05, 3.63) is 125 Å².